The number of anilines is 2. The molecule has 0 bridgehead atoms. The highest BCUT2D eigenvalue weighted by molar-refractivity contribution is 5.96. The second-order valence-electron chi connectivity index (χ2n) is 11.0. The van der Waals surface area contributed by atoms with E-state index in [1.807, 2.05) is 44.0 Å². The van der Waals surface area contributed by atoms with Gasteiger partial charge in [0, 0.05) is 24.5 Å². The molecular weight excluding hydrogens is 549 g/mol. The minimum atomic E-state index is -4.56. The second kappa shape index (κ2) is 14.5. The van der Waals surface area contributed by atoms with Crippen molar-refractivity contribution in [3.63, 3.8) is 0 Å². The zero-order valence-electron chi connectivity index (χ0n) is 25.2. The van der Waals surface area contributed by atoms with Crippen LogP contribution in [0.1, 0.15) is 54.0 Å². The average Bonchev–Trinajstić information content (AvgIpc) is 2.92. The normalized spacial score (nSPS) is 17.5. The molecule has 0 saturated carbocycles. The van der Waals surface area contributed by atoms with Crippen molar-refractivity contribution >= 4 is 23.2 Å². The number of halogens is 3. The number of hydrogen-bond acceptors (Lipinski definition) is 5. The van der Waals surface area contributed by atoms with E-state index in [1.54, 1.807) is 6.92 Å². The number of nitrogens with zero attached hydrogens (tertiary/aromatic N) is 2. The number of ether oxygens (including phenoxy) is 1. The maximum atomic E-state index is 13.8. The Bertz CT molecular complexity index is 1230. The molecule has 2 aromatic rings. The lowest BCUT2D eigenvalue weighted by atomic mass is 10.0. The quantitative estimate of drug-likeness (QED) is 0.235. The van der Waals surface area contributed by atoms with Crippen LogP contribution >= 0.6 is 0 Å². The summed E-state index contributed by atoms with van der Waals surface area (Å²) in [5.41, 5.74) is 2.37. The first-order valence-electron chi connectivity index (χ1n) is 14.5. The van der Waals surface area contributed by atoms with Crippen LogP contribution in [0.5, 0.6) is 0 Å². The molecule has 0 spiro atoms. The fourth-order valence-corrected chi connectivity index (χ4v) is 5.88. The smallest absolute Gasteiger partial charge is 0.390 e. The summed E-state index contributed by atoms with van der Waals surface area (Å²) < 4.78 is 46.4. The molecule has 1 fully saturated rings. The number of alkyl halides is 3. The van der Waals surface area contributed by atoms with Gasteiger partial charge in [0.25, 0.3) is 5.91 Å². The van der Waals surface area contributed by atoms with Crippen molar-refractivity contribution in [1.29, 1.82) is 0 Å². The van der Waals surface area contributed by atoms with E-state index in [0.29, 0.717) is 31.7 Å². The highest BCUT2D eigenvalue weighted by Gasteiger charge is 2.45. The lowest BCUT2D eigenvalue weighted by Crippen LogP contribution is -2.70. The van der Waals surface area contributed by atoms with Crippen molar-refractivity contribution in [2.45, 2.75) is 66.1 Å². The Morgan fingerprint density at radius 2 is 1.67 bits per heavy atom. The number of piperidine rings is 1. The van der Waals surface area contributed by atoms with Gasteiger partial charge in [-0.1, -0.05) is 24.3 Å². The number of rotatable bonds is 12. The number of benzene rings is 2. The zero-order chi connectivity index (χ0) is 31.1. The molecule has 232 valence electrons. The van der Waals surface area contributed by atoms with E-state index in [2.05, 4.69) is 10.6 Å². The van der Waals surface area contributed by atoms with Gasteiger partial charge < -0.3 is 20.5 Å². The molecule has 1 aliphatic heterocycles. The summed E-state index contributed by atoms with van der Waals surface area (Å²) in [7, 11) is 0. The largest absolute Gasteiger partial charge is 0.416 e. The molecule has 3 N–H and O–H groups in total. The van der Waals surface area contributed by atoms with Gasteiger partial charge in [0.15, 0.2) is 6.54 Å². The molecule has 2 aromatic carbocycles. The third-order valence-electron chi connectivity index (χ3n) is 8.10. The van der Waals surface area contributed by atoms with Gasteiger partial charge >= 0.3 is 6.18 Å². The highest BCUT2D eigenvalue weighted by Crippen LogP contribution is 2.36. The number of carbonyl (C=O) groups is 2. The lowest BCUT2D eigenvalue weighted by molar-refractivity contribution is -1.03. The maximum Gasteiger partial charge on any atom is 0.416 e. The molecule has 11 heteroatoms. The van der Waals surface area contributed by atoms with E-state index in [1.165, 1.54) is 13.0 Å². The summed E-state index contributed by atoms with van der Waals surface area (Å²) in [6.07, 6.45) is -2.39. The summed E-state index contributed by atoms with van der Waals surface area (Å²) in [6.45, 7) is 9.91. The van der Waals surface area contributed by atoms with Crippen molar-refractivity contribution < 1.29 is 37.2 Å². The van der Waals surface area contributed by atoms with Gasteiger partial charge in [-0.15, -0.1) is 5.01 Å². The topological polar surface area (TPSA) is 90.9 Å². The zero-order valence-corrected chi connectivity index (χ0v) is 25.2. The van der Waals surface area contributed by atoms with E-state index < -0.39 is 23.7 Å². The summed E-state index contributed by atoms with van der Waals surface area (Å²) in [5.74, 6) is -0.709. The Morgan fingerprint density at radius 3 is 2.29 bits per heavy atom. The summed E-state index contributed by atoms with van der Waals surface area (Å²) >= 11 is 0. The minimum Gasteiger partial charge on any atom is -0.390 e. The third kappa shape index (κ3) is 7.89. The van der Waals surface area contributed by atoms with Crippen LogP contribution in [-0.4, -0.2) is 78.6 Å². The number of para-hydroxylation sites is 1. The van der Waals surface area contributed by atoms with Gasteiger partial charge in [-0.25, -0.2) is 4.59 Å². The lowest BCUT2D eigenvalue weighted by Gasteiger charge is -2.49. The van der Waals surface area contributed by atoms with Crippen LogP contribution in [0, 0.1) is 27.7 Å². The number of nitrogens with one attached hydrogen (secondary N) is 2. The SMILES string of the molecule is CCOCC[N+](CCO)(CC(=O)Nc1c(C)ccc(C(F)(F)F)c1C)N1CCCCC1C(=O)Nc1c(C)cccc1C. The molecule has 8 nitrogen and oxygen atoms in total. The molecule has 0 aromatic heterocycles. The molecule has 42 heavy (non-hydrogen) atoms. The molecule has 2 amide bonds. The van der Waals surface area contributed by atoms with Crippen molar-refractivity contribution in [2.24, 2.45) is 0 Å². The van der Waals surface area contributed by atoms with Crippen molar-refractivity contribution in [3.05, 3.63) is 58.1 Å². The number of carbonyl (C=O) groups excluding carboxylic acids is 2. The number of aliphatic hydroxyl groups excluding tert-OH is 1. The van der Waals surface area contributed by atoms with Crippen molar-refractivity contribution in [1.82, 2.24) is 5.01 Å². The minimum absolute atomic E-state index is 0.0609. The van der Waals surface area contributed by atoms with Crippen LogP contribution in [-0.2, 0) is 20.5 Å². The molecular formula is C31H44F3N4O4+. The molecule has 0 radical (unpaired) electrons. The number of quaternary nitrogens is 1. The molecule has 0 aliphatic carbocycles. The van der Waals surface area contributed by atoms with Crippen LogP contribution < -0.4 is 10.6 Å². The van der Waals surface area contributed by atoms with E-state index in [-0.39, 0.29) is 48.1 Å². The third-order valence-corrected chi connectivity index (χ3v) is 8.10. The number of hydrogen-bond donors (Lipinski definition) is 3. The first-order chi connectivity index (χ1) is 19.8. The Morgan fingerprint density at radius 1 is 1.00 bits per heavy atom. The van der Waals surface area contributed by atoms with Gasteiger partial charge in [-0.3, -0.25) is 9.59 Å². The fourth-order valence-electron chi connectivity index (χ4n) is 5.88. The van der Waals surface area contributed by atoms with Crippen LogP contribution in [0.15, 0.2) is 30.3 Å². The standard InChI is InChI=1S/C31H43F3N4O4/c1-6-42-19-17-38(16-18-39,20-27(40)35-29-23(4)13-14-25(24(29)5)31(32,33)34)37-15-8-7-12-26(37)30(41)36-28-21(2)10-9-11-22(28)3/h9-11,13-14,26,39H,6-8,12,15-20H2,1-5H3,(H-,35,36,40,41)/p+1. The average molecular weight is 594 g/mol. The van der Waals surface area contributed by atoms with Gasteiger partial charge in [0.05, 0.1) is 18.8 Å². The monoisotopic (exact) mass is 593 g/mol. The molecule has 1 heterocycles. The Kier molecular flexibility index (Phi) is 11.5. The first kappa shape index (κ1) is 33.5. The van der Waals surface area contributed by atoms with Crippen LogP contribution in [0.3, 0.4) is 0 Å². The van der Waals surface area contributed by atoms with Crippen molar-refractivity contribution in [3.8, 4) is 0 Å². The second-order valence-corrected chi connectivity index (χ2v) is 11.0. The highest BCUT2D eigenvalue weighted by atomic mass is 19.4. The number of aliphatic hydroxyl groups is 1. The fraction of sp³-hybridized carbons (Fsp3) is 0.548. The van der Waals surface area contributed by atoms with E-state index in [0.717, 1.165) is 35.7 Å². The molecule has 1 aliphatic rings. The first-order valence-corrected chi connectivity index (χ1v) is 14.5. The molecule has 1 saturated heterocycles. The van der Waals surface area contributed by atoms with Crippen molar-refractivity contribution in [2.75, 3.05) is 56.6 Å². The van der Waals surface area contributed by atoms with Crippen LogP contribution in [0.25, 0.3) is 0 Å². The van der Waals surface area contributed by atoms with Gasteiger partial charge in [0.1, 0.15) is 19.1 Å². The summed E-state index contributed by atoms with van der Waals surface area (Å²) in [5, 5.41) is 18.0. The Balaban J connectivity index is 1.97. The van der Waals surface area contributed by atoms with E-state index in [4.69, 9.17) is 4.74 Å². The van der Waals surface area contributed by atoms with Gasteiger partial charge in [0.2, 0.25) is 5.91 Å². The molecule has 2 unspecified atom stereocenters. The van der Waals surface area contributed by atoms with E-state index >= 15 is 0 Å². The summed E-state index contributed by atoms with van der Waals surface area (Å²) in [4.78, 5) is 27.4. The molecule has 2 atom stereocenters. The number of aryl methyl sites for hydroxylation is 3. The Labute approximate surface area is 246 Å². The Hall–Kier alpha value is -2.99. The van der Waals surface area contributed by atoms with Gasteiger partial charge in [-0.05, 0) is 82.2 Å². The van der Waals surface area contributed by atoms with E-state index in [9.17, 15) is 27.9 Å². The molecule has 3 rings (SSSR count). The van der Waals surface area contributed by atoms with Crippen LogP contribution in [0.4, 0.5) is 24.5 Å². The number of amides is 2. The summed E-state index contributed by atoms with van der Waals surface area (Å²) in [6, 6.07) is 7.55. The van der Waals surface area contributed by atoms with Crippen LogP contribution in [0.2, 0.25) is 0 Å². The van der Waals surface area contributed by atoms with Gasteiger partial charge in [-0.2, -0.15) is 13.2 Å². The predicted molar refractivity (Wildman–Crippen MR) is 157 cm³/mol. The predicted octanol–water partition coefficient (Wildman–Crippen LogP) is 5.13. The maximum absolute atomic E-state index is 13.8.